The highest BCUT2D eigenvalue weighted by Crippen LogP contribution is 2.45. The molecule has 0 radical (unpaired) electrons. The van der Waals surface area contributed by atoms with Gasteiger partial charge in [0.15, 0.2) is 0 Å². The van der Waals surface area contributed by atoms with Gasteiger partial charge in [-0.05, 0) is 43.4 Å². The van der Waals surface area contributed by atoms with E-state index in [-0.39, 0.29) is 23.8 Å². The minimum absolute atomic E-state index is 0.00864. The first-order valence-electron chi connectivity index (χ1n) is 9.47. The van der Waals surface area contributed by atoms with Gasteiger partial charge in [0.25, 0.3) is 5.91 Å². The first-order chi connectivity index (χ1) is 13.1. The van der Waals surface area contributed by atoms with Crippen molar-refractivity contribution in [2.75, 3.05) is 37.7 Å². The summed E-state index contributed by atoms with van der Waals surface area (Å²) >= 11 is 0. The van der Waals surface area contributed by atoms with Crippen molar-refractivity contribution in [3.63, 3.8) is 0 Å². The van der Waals surface area contributed by atoms with E-state index >= 15 is 0 Å². The molecule has 1 N–H and O–H groups in total. The predicted molar refractivity (Wildman–Crippen MR) is 101 cm³/mol. The van der Waals surface area contributed by atoms with Gasteiger partial charge in [-0.2, -0.15) is 0 Å². The van der Waals surface area contributed by atoms with Crippen molar-refractivity contribution in [1.29, 1.82) is 0 Å². The maximum atomic E-state index is 12.9. The van der Waals surface area contributed by atoms with Gasteiger partial charge >= 0.3 is 0 Å². The molecule has 2 aliphatic rings. The van der Waals surface area contributed by atoms with Crippen LogP contribution < -0.4 is 4.90 Å². The van der Waals surface area contributed by atoms with Gasteiger partial charge in [-0.15, -0.1) is 0 Å². The van der Waals surface area contributed by atoms with E-state index in [0.717, 1.165) is 37.6 Å². The van der Waals surface area contributed by atoms with E-state index in [1.807, 2.05) is 30.0 Å². The molecule has 1 spiro atoms. The molecule has 0 aliphatic carbocycles. The molecule has 2 saturated heterocycles. The third kappa shape index (κ3) is 3.27. The maximum absolute atomic E-state index is 12.9. The number of rotatable bonds is 3. The zero-order valence-electron chi connectivity index (χ0n) is 15.6. The van der Waals surface area contributed by atoms with Crippen LogP contribution in [0.5, 0.6) is 0 Å². The molecular formula is C20H25N5O2. The van der Waals surface area contributed by atoms with Crippen molar-refractivity contribution in [1.82, 2.24) is 19.9 Å². The fraction of sp³-hybridized carbons (Fsp3) is 0.500. The van der Waals surface area contributed by atoms with E-state index in [0.29, 0.717) is 18.7 Å². The van der Waals surface area contributed by atoms with Crippen LogP contribution in [0.4, 0.5) is 5.95 Å². The number of amides is 1. The van der Waals surface area contributed by atoms with Crippen LogP contribution in [0.15, 0.2) is 36.8 Å². The topological polar surface area (TPSA) is 82.5 Å². The van der Waals surface area contributed by atoms with E-state index in [4.69, 9.17) is 0 Å². The molecule has 2 fully saturated rings. The molecule has 7 heteroatoms. The van der Waals surface area contributed by atoms with E-state index in [2.05, 4.69) is 19.9 Å². The average molecular weight is 367 g/mol. The molecule has 0 saturated carbocycles. The van der Waals surface area contributed by atoms with Crippen LogP contribution in [-0.2, 0) is 0 Å². The molecule has 2 aromatic rings. The Labute approximate surface area is 159 Å². The molecule has 0 aromatic carbocycles. The zero-order chi connectivity index (χ0) is 18.9. The standard InChI is InChI=1S/C20H25N5O2/c1-15-17(4-2-7-21-15)18(27)24-10-5-20(6-11-24)14-25(12-16(20)13-26)19-22-8-3-9-23-19/h2-4,7-9,16,26H,5-6,10-14H2,1H3. The Bertz CT molecular complexity index is 805. The number of aromatic nitrogens is 3. The largest absolute Gasteiger partial charge is 0.396 e. The lowest BCUT2D eigenvalue weighted by Crippen LogP contribution is -2.47. The Morgan fingerprint density at radius 1 is 1.19 bits per heavy atom. The summed E-state index contributed by atoms with van der Waals surface area (Å²) in [5.41, 5.74) is 1.46. The molecule has 1 unspecified atom stereocenters. The molecule has 142 valence electrons. The highest BCUT2D eigenvalue weighted by molar-refractivity contribution is 5.95. The second kappa shape index (κ2) is 7.23. The lowest BCUT2D eigenvalue weighted by Gasteiger charge is -2.42. The molecule has 2 aliphatic heterocycles. The van der Waals surface area contributed by atoms with Gasteiger partial charge in [-0.3, -0.25) is 9.78 Å². The highest BCUT2D eigenvalue weighted by atomic mass is 16.3. The second-order valence-corrected chi connectivity index (χ2v) is 7.60. The summed E-state index contributed by atoms with van der Waals surface area (Å²) in [7, 11) is 0. The van der Waals surface area contributed by atoms with Crippen LogP contribution in [0.25, 0.3) is 0 Å². The summed E-state index contributed by atoms with van der Waals surface area (Å²) in [5, 5.41) is 9.98. The normalized spacial score (nSPS) is 21.6. The van der Waals surface area contributed by atoms with Crippen LogP contribution in [-0.4, -0.2) is 63.7 Å². The van der Waals surface area contributed by atoms with Gasteiger partial charge in [0.2, 0.25) is 5.95 Å². The van der Waals surface area contributed by atoms with Gasteiger partial charge in [0, 0.05) is 63.0 Å². The maximum Gasteiger partial charge on any atom is 0.255 e. The molecule has 2 aromatic heterocycles. The fourth-order valence-corrected chi connectivity index (χ4v) is 4.49. The van der Waals surface area contributed by atoms with Crippen molar-refractivity contribution < 1.29 is 9.90 Å². The Kier molecular flexibility index (Phi) is 4.78. The third-order valence-corrected chi connectivity index (χ3v) is 6.15. The number of hydrogen-bond acceptors (Lipinski definition) is 6. The minimum atomic E-state index is 0.00864. The quantitative estimate of drug-likeness (QED) is 0.886. The van der Waals surface area contributed by atoms with Crippen molar-refractivity contribution in [3.8, 4) is 0 Å². The number of carbonyl (C=O) groups excluding carboxylic acids is 1. The molecule has 4 rings (SSSR count). The first kappa shape index (κ1) is 17.9. The number of hydrogen-bond donors (Lipinski definition) is 1. The average Bonchev–Trinajstić information content (AvgIpc) is 3.07. The molecule has 4 heterocycles. The third-order valence-electron chi connectivity index (χ3n) is 6.15. The summed E-state index contributed by atoms with van der Waals surface area (Å²) in [6.45, 7) is 5.01. The molecular weight excluding hydrogens is 342 g/mol. The number of anilines is 1. The second-order valence-electron chi connectivity index (χ2n) is 7.60. The summed E-state index contributed by atoms with van der Waals surface area (Å²) in [6.07, 6.45) is 6.97. The number of carbonyl (C=O) groups is 1. The van der Waals surface area contributed by atoms with Crippen LogP contribution >= 0.6 is 0 Å². The smallest absolute Gasteiger partial charge is 0.255 e. The number of nitrogens with zero attached hydrogens (tertiary/aromatic N) is 5. The fourth-order valence-electron chi connectivity index (χ4n) is 4.49. The number of likely N-dealkylation sites (tertiary alicyclic amines) is 1. The molecule has 7 nitrogen and oxygen atoms in total. The van der Waals surface area contributed by atoms with Crippen molar-refractivity contribution in [2.45, 2.75) is 19.8 Å². The summed E-state index contributed by atoms with van der Waals surface area (Å²) in [4.78, 5) is 29.9. The predicted octanol–water partition coefficient (Wildman–Crippen LogP) is 1.53. The van der Waals surface area contributed by atoms with Gasteiger partial charge in [-0.1, -0.05) is 0 Å². The summed E-state index contributed by atoms with van der Waals surface area (Å²) < 4.78 is 0. The molecule has 0 bridgehead atoms. The molecule has 1 atom stereocenters. The Balaban J connectivity index is 1.47. The van der Waals surface area contributed by atoms with Crippen LogP contribution in [0, 0.1) is 18.3 Å². The van der Waals surface area contributed by atoms with E-state index in [9.17, 15) is 9.90 Å². The monoisotopic (exact) mass is 367 g/mol. The minimum Gasteiger partial charge on any atom is -0.396 e. The van der Waals surface area contributed by atoms with E-state index in [1.54, 1.807) is 18.6 Å². The lowest BCUT2D eigenvalue weighted by molar-refractivity contribution is 0.0415. The number of aliphatic hydroxyl groups is 1. The number of aryl methyl sites for hydroxylation is 1. The van der Waals surface area contributed by atoms with Gasteiger partial charge in [0.05, 0.1) is 5.56 Å². The molecule has 27 heavy (non-hydrogen) atoms. The highest BCUT2D eigenvalue weighted by Gasteiger charge is 2.48. The Morgan fingerprint density at radius 3 is 2.56 bits per heavy atom. The van der Waals surface area contributed by atoms with Gasteiger partial charge in [0.1, 0.15) is 0 Å². The lowest BCUT2D eigenvalue weighted by atomic mass is 9.71. The van der Waals surface area contributed by atoms with E-state index in [1.165, 1.54) is 0 Å². The molecule has 1 amide bonds. The van der Waals surface area contributed by atoms with Crippen molar-refractivity contribution >= 4 is 11.9 Å². The van der Waals surface area contributed by atoms with Crippen LogP contribution in [0.3, 0.4) is 0 Å². The summed E-state index contributed by atoms with van der Waals surface area (Å²) in [6, 6.07) is 5.46. The van der Waals surface area contributed by atoms with Crippen molar-refractivity contribution in [3.05, 3.63) is 48.0 Å². The SMILES string of the molecule is Cc1ncccc1C(=O)N1CCC2(CC1)CN(c1ncccn1)CC2CO. The number of pyridine rings is 1. The first-order valence-corrected chi connectivity index (χ1v) is 9.47. The van der Waals surface area contributed by atoms with E-state index < -0.39 is 0 Å². The number of piperidine rings is 1. The number of aliphatic hydroxyl groups excluding tert-OH is 1. The Morgan fingerprint density at radius 2 is 1.89 bits per heavy atom. The van der Waals surface area contributed by atoms with Crippen molar-refractivity contribution in [2.24, 2.45) is 11.3 Å². The van der Waals surface area contributed by atoms with Crippen LogP contribution in [0.2, 0.25) is 0 Å². The Hall–Kier alpha value is -2.54. The van der Waals surface area contributed by atoms with Gasteiger partial charge in [-0.25, -0.2) is 9.97 Å². The van der Waals surface area contributed by atoms with Crippen LogP contribution in [0.1, 0.15) is 28.9 Å². The summed E-state index contributed by atoms with van der Waals surface area (Å²) in [5.74, 6) is 0.952. The zero-order valence-corrected chi connectivity index (χ0v) is 15.6. The van der Waals surface area contributed by atoms with Gasteiger partial charge < -0.3 is 14.9 Å².